The molecule has 2 aliphatic carbocycles. The van der Waals surface area contributed by atoms with Crippen molar-refractivity contribution in [2.45, 2.75) is 70.5 Å². The number of hydrogen-bond donors (Lipinski definition) is 2. The van der Waals surface area contributed by atoms with E-state index in [4.69, 9.17) is 0 Å². The molecular weight excluding hydrogens is 240 g/mol. The van der Waals surface area contributed by atoms with Gasteiger partial charge in [0.15, 0.2) is 0 Å². The average molecular weight is 268 g/mol. The van der Waals surface area contributed by atoms with Crippen molar-refractivity contribution in [3.05, 3.63) is 0 Å². The first kappa shape index (κ1) is 14.8. The number of carboxylic acid groups (broad SMARTS) is 1. The molecule has 0 aromatic heterocycles. The third-order valence-corrected chi connectivity index (χ3v) is 4.13. The van der Waals surface area contributed by atoms with Crippen molar-refractivity contribution < 1.29 is 9.90 Å². The first-order valence-corrected chi connectivity index (χ1v) is 7.66. The van der Waals surface area contributed by atoms with Gasteiger partial charge in [0.25, 0.3) is 0 Å². The van der Waals surface area contributed by atoms with Gasteiger partial charge in [0.2, 0.25) is 0 Å². The Balaban J connectivity index is 1.86. The van der Waals surface area contributed by atoms with Gasteiger partial charge >= 0.3 is 5.97 Å². The highest BCUT2D eigenvalue weighted by Gasteiger charge is 2.39. The highest BCUT2D eigenvalue weighted by atomic mass is 16.4. The molecule has 0 radical (unpaired) electrons. The first-order valence-electron chi connectivity index (χ1n) is 7.66. The molecule has 2 saturated carbocycles. The van der Waals surface area contributed by atoms with Crippen molar-refractivity contribution in [3.63, 3.8) is 0 Å². The van der Waals surface area contributed by atoms with Crippen LogP contribution in [0, 0.1) is 5.92 Å². The normalized spacial score (nSPS) is 22.8. The van der Waals surface area contributed by atoms with E-state index in [0.29, 0.717) is 24.4 Å². The van der Waals surface area contributed by atoms with Gasteiger partial charge in [-0.05, 0) is 44.9 Å². The molecule has 0 aromatic rings. The Morgan fingerprint density at radius 1 is 1.37 bits per heavy atom. The molecule has 2 N–H and O–H groups in total. The molecule has 0 heterocycles. The second-order valence-electron chi connectivity index (χ2n) is 6.93. The number of nitrogens with zero attached hydrogens (tertiary/aromatic N) is 1. The fourth-order valence-corrected chi connectivity index (χ4v) is 2.62. The quantitative estimate of drug-likeness (QED) is 0.672. The van der Waals surface area contributed by atoms with E-state index in [9.17, 15) is 9.90 Å². The summed E-state index contributed by atoms with van der Waals surface area (Å²) in [6, 6.07) is 1.14. The van der Waals surface area contributed by atoms with Crippen molar-refractivity contribution in [1.82, 2.24) is 10.2 Å². The summed E-state index contributed by atoms with van der Waals surface area (Å²) in [5.74, 6) is -0.0623. The fraction of sp³-hybridized carbons (Fsp3) is 0.933. The molecule has 2 fully saturated rings. The lowest BCUT2D eigenvalue weighted by molar-refractivity contribution is -0.144. The Morgan fingerprint density at radius 3 is 2.42 bits per heavy atom. The van der Waals surface area contributed by atoms with Crippen LogP contribution in [0.4, 0.5) is 0 Å². The second-order valence-corrected chi connectivity index (χ2v) is 6.93. The summed E-state index contributed by atoms with van der Waals surface area (Å²) in [6.07, 6.45) is 5.52. The standard InChI is InChI=1S/C15H28N2O2/c1-11(2)10-17(13-6-7-13)9-8-15(3,14(18)19)16-12-4-5-12/h11-13,16H,4-10H2,1-3H3,(H,18,19). The van der Waals surface area contributed by atoms with Gasteiger partial charge in [-0.1, -0.05) is 13.8 Å². The summed E-state index contributed by atoms with van der Waals surface area (Å²) in [7, 11) is 0. The zero-order valence-corrected chi connectivity index (χ0v) is 12.5. The molecule has 4 nitrogen and oxygen atoms in total. The van der Waals surface area contributed by atoms with Crippen LogP contribution in [0.5, 0.6) is 0 Å². The van der Waals surface area contributed by atoms with Crippen LogP contribution in [-0.2, 0) is 4.79 Å². The van der Waals surface area contributed by atoms with E-state index < -0.39 is 11.5 Å². The van der Waals surface area contributed by atoms with Gasteiger partial charge in [0.05, 0.1) is 0 Å². The Bertz CT molecular complexity index is 324. The lowest BCUT2D eigenvalue weighted by Crippen LogP contribution is -2.52. The van der Waals surface area contributed by atoms with E-state index >= 15 is 0 Å². The highest BCUT2D eigenvalue weighted by molar-refractivity contribution is 5.78. The summed E-state index contributed by atoms with van der Waals surface area (Å²) in [5, 5.41) is 12.8. The maximum atomic E-state index is 11.5. The summed E-state index contributed by atoms with van der Waals surface area (Å²) in [6.45, 7) is 8.28. The number of aliphatic carboxylic acids is 1. The first-order chi connectivity index (χ1) is 8.90. The number of rotatable bonds is 9. The van der Waals surface area contributed by atoms with Crippen LogP contribution in [0.1, 0.15) is 52.9 Å². The molecule has 0 bridgehead atoms. The molecule has 1 atom stereocenters. The monoisotopic (exact) mass is 268 g/mol. The maximum absolute atomic E-state index is 11.5. The van der Waals surface area contributed by atoms with Gasteiger partial charge in [0.1, 0.15) is 5.54 Å². The van der Waals surface area contributed by atoms with Crippen LogP contribution in [-0.4, -0.2) is 46.7 Å². The number of hydrogen-bond acceptors (Lipinski definition) is 3. The molecule has 110 valence electrons. The third-order valence-electron chi connectivity index (χ3n) is 4.13. The second kappa shape index (κ2) is 5.80. The van der Waals surface area contributed by atoms with E-state index in [-0.39, 0.29) is 0 Å². The van der Waals surface area contributed by atoms with Crippen molar-refractivity contribution in [1.29, 1.82) is 0 Å². The van der Waals surface area contributed by atoms with Crippen molar-refractivity contribution >= 4 is 5.97 Å². The summed E-state index contributed by atoms with van der Waals surface area (Å²) in [4.78, 5) is 14.0. The summed E-state index contributed by atoms with van der Waals surface area (Å²) in [5.41, 5.74) is -0.759. The fourth-order valence-electron chi connectivity index (χ4n) is 2.62. The zero-order valence-electron chi connectivity index (χ0n) is 12.5. The van der Waals surface area contributed by atoms with Gasteiger partial charge in [-0.25, -0.2) is 0 Å². The van der Waals surface area contributed by atoms with Crippen LogP contribution in [0.25, 0.3) is 0 Å². The molecular formula is C15H28N2O2. The molecule has 0 aliphatic heterocycles. The molecule has 0 saturated heterocycles. The van der Waals surface area contributed by atoms with E-state index in [1.807, 2.05) is 6.92 Å². The van der Waals surface area contributed by atoms with E-state index in [2.05, 4.69) is 24.1 Å². The van der Waals surface area contributed by atoms with E-state index in [1.54, 1.807) is 0 Å². The molecule has 1 unspecified atom stereocenters. The summed E-state index contributed by atoms with van der Waals surface area (Å²) < 4.78 is 0. The van der Waals surface area contributed by atoms with Crippen molar-refractivity contribution in [2.75, 3.05) is 13.1 Å². The minimum Gasteiger partial charge on any atom is -0.480 e. The Labute approximate surface area is 116 Å². The minimum absolute atomic E-state index is 0.431. The topological polar surface area (TPSA) is 52.6 Å². The number of carbonyl (C=O) groups is 1. The molecule has 0 amide bonds. The summed E-state index contributed by atoms with van der Waals surface area (Å²) >= 11 is 0. The van der Waals surface area contributed by atoms with Crippen LogP contribution in [0.3, 0.4) is 0 Å². The van der Waals surface area contributed by atoms with Crippen molar-refractivity contribution in [2.24, 2.45) is 5.92 Å². The largest absolute Gasteiger partial charge is 0.480 e. The molecule has 2 rings (SSSR count). The predicted molar refractivity (Wildman–Crippen MR) is 76.2 cm³/mol. The van der Waals surface area contributed by atoms with E-state index in [1.165, 1.54) is 12.8 Å². The SMILES string of the molecule is CC(C)CN(CCC(C)(NC1CC1)C(=O)O)C1CC1. The van der Waals surface area contributed by atoms with Gasteiger partial charge in [0, 0.05) is 25.2 Å². The Hall–Kier alpha value is -0.610. The third kappa shape index (κ3) is 4.46. The minimum atomic E-state index is -0.759. The Morgan fingerprint density at radius 2 is 2.00 bits per heavy atom. The van der Waals surface area contributed by atoms with Gasteiger partial charge < -0.3 is 10.0 Å². The van der Waals surface area contributed by atoms with Crippen LogP contribution in [0.15, 0.2) is 0 Å². The smallest absolute Gasteiger partial charge is 0.323 e. The van der Waals surface area contributed by atoms with Gasteiger partial charge in [-0.2, -0.15) is 0 Å². The van der Waals surface area contributed by atoms with E-state index in [0.717, 1.165) is 25.9 Å². The highest BCUT2D eigenvalue weighted by Crippen LogP contribution is 2.29. The Kier molecular flexibility index (Phi) is 4.51. The number of carboxylic acids is 1. The lowest BCUT2D eigenvalue weighted by Gasteiger charge is -2.31. The van der Waals surface area contributed by atoms with Crippen LogP contribution >= 0.6 is 0 Å². The zero-order chi connectivity index (χ0) is 14.0. The molecule has 4 heteroatoms. The van der Waals surface area contributed by atoms with Crippen molar-refractivity contribution in [3.8, 4) is 0 Å². The molecule has 19 heavy (non-hydrogen) atoms. The number of nitrogens with one attached hydrogen (secondary N) is 1. The lowest BCUT2D eigenvalue weighted by atomic mass is 9.97. The van der Waals surface area contributed by atoms with Gasteiger partial charge in [-0.3, -0.25) is 10.1 Å². The predicted octanol–water partition coefficient (Wildman–Crippen LogP) is 2.09. The van der Waals surface area contributed by atoms with Crippen LogP contribution < -0.4 is 5.32 Å². The maximum Gasteiger partial charge on any atom is 0.323 e. The molecule has 2 aliphatic rings. The van der Waals surface area contributed by atoms with Crippen LogP contribution in [0.2, 0.25) is 0 Å². The van der Waals surface area contributed by atoms with Gasteiger partial charge in [-0.15, -0.1) is 0 Å². The average Bonchev–Trinajstić information content (AvgIpc) is 3.15. The molecule has 0 spiro atoms. The molecule has 0 aromatic carbocycles.